The zero-order valence-electron chi connectivity index (χ0n) is 18.4. The molecule has 2 fully saturated rings. The first-order chi connectivity index (χ1) is 14.1. The van der Waals surface area contributed by atoms with E-state index in [1.54, 1.807) is 6.07 Å². The van der Waals surface area contributed by atoms with E-state index in [1.807, 2.05) is 39.2 Å². The molecule has 1 saturated heterocycles. The standard InChI is InChI=1S/C22H31N3O5/c1-13(2)25-15(4)10-17(16(25)5)18(26)12-30-19(27)11-24-20(28)22(23-21(24)29)9-7-6-8-14(22)3/h10,13-14H,6-9,11-12H2,1-5H3,(H,23,29)/t14-,22-/m0/s1. The Kier molecular flexibility index (Phi) is 6.06. The highest BCUT2D eigenvalue weighted by Gasteiger charge is 2.55. The lowest BCUT2D eigenvalue weighted by molar-refractivity contribution is -0.147. The number of nitrogens with one attached hydrogen (secondary N) is 1. The van der Waals surface area contributed by atoms with Crippen molar-refractivity contribution >= 4 is 23.7 Å². The Morgan fingerprint density at radius 3 is 2.57 bits per heavy atom. The van der Waals surface area contributed by atoms with Crippen LogP contribution in [0.1, 0.15) is 74.2 Å². The van der Waals surface area contributed by atoms with Gasteiger partial charge in [-0.2, -0.15) is 0 Å². The van der Waals surface area contributed by atoms with Crippen LogP contribution >= 0.6 is 0 Å². The summed E-state index contributed by atoms with van der Waals surface area (Å²) in [4.78, 5) is 51.0. The lowest BCUT2D eigenvalue weighted by Crippen LogP contribution is -2.54. The number of aromatic nitrogens is 1. The first-order valence-electron chi connectivity index (χ1n) is 10.6. The Hall–Kier alpha value is -2.64. The molecule has 3 amide bonds. The minimum atomic E-state index is -0.917. The first-order valence-corrected chi connectivity index (χ1v) is 10.6. The van der Waals surface area contributed by atoms with Gasteiger partial charge in [0.15, 0.2) is 6.61 Å². The number of carbonyl (C=O) groups excluding carboxylic acids is 4. The van der Waals surface area contributed by atoms with E-state index in [9.17, 15) is 19.2 Å². The number of urea groups is 1. The maximum absolute atomic E-state index is 12.9. The van der Waals surface area contributed by atoms with Crippen molar-refractivity contribution in [2.75, 3.05) is 13.2 Å². The third kappa shape index (κ3) is 3.75. The van der Waals surface area contributed by atoms with Crippen LogP contribution in [0.3, 0.4) is 0 Å². The molecule has 2 aliphatic rings. The lowest BCUT2D eigenvalue weighted by Gasteiger charge is -2.36. The molecule has 1 N–H and O–H groups in total. The van der Waals surface area contributed by atoms with E-state index in [-0.39, 0.29) is 23.7 Å². The quantitative estimate of drug-likeness (QED) is 0.436. The second-order valence-electron chi connectivity index (χ2n) is 8.77. The molecular weight excluding hydrogens is 386 g/mol. The van der Waals surface area contributed by atoms with E-state index >= 15 is 0 Å². The fourth-order valence-electron chi connectivity index (χ4n) is 4.89. The van der Waals surface area contributed by atoms with Crippen LogP contribution in [-0.4, -0.2) is 51.8 Å². The predicted molar refractivity (Wildman–Crippen MR) is 110 cm³/mol. The van der Waals surface area contributed by atoms with Crippen LogP contribution in [0.15, 0.2) is 6.07 Å². The van der Waals surface area contributed by atoms with Crippen LogP contribution in [0.2, 0.25) is 0 Å². The van der Waals surface area contributed by atoms with Crippen molar-refractivity contribution in [3.8, 4) is 0 Å². The molecule has 2 atom stereocenters. The summed E-state index contributed by atoms with van der Waals surface area (Å²) in [6, 6.07) is 1.43. The number of hydrogen-bond donors (Lipinski definition) is 1. The molecule has 1 saturated carbocycles. The number of imide groups is 1. The average molecular weight is 418 g/mol. The molecular formula is C22H31N3O5. The molecule has 1 aromatic heterocycles. The summed E-state index contributed by atoms with van der Waals surface area (Å²) >= 11 is 0. The van der Waals surface area contributed by atoms with Gasteiger partial charge in [0.2, 0.25) is 5.78 Å². The van der Waals surface area contributed by atoms with Gasteiger partial charge >= 0.3 is 12.0 Å². The van der Waals surface area contributed by atoms with Crippen molar-refractivity contribution in [3.63, 3.8) is 0 Å². The molecule has 0 unspecified atom stereocenters. The highest BCUT2D eigenvalue weighted by molar-refractivity contribution is 6.09. The third-order valence-corrected chi connectivity index (χ3v) is 6.45. The molecule has 30 heavy (non-hydrogen) atoms. The van der Waals surface area contributed by atoms with Gasteiger partial charge in [-0.1, -0.05) is 19.8 Å². The Bertz CT molecular complexity index is 888. The molecule has 3 rings (SSSR count). The van der Waals surface area contributed by atoms with Gasteiger partial charge in [-0.3, -0.25) is 19.3 Å². The van der Waals surface area contributed by atoms with Gasteiger partial charge < -0.3 is 14.6 Å². The summed E-state index contributed by atoms with van der Waals surface area (Å²) in [6.07, 6.45) is 3.31. The zero-order chi connectivity index (χ0) is 22.2. The molecule has 164 valence electrons. The normalized spacial score (nSPS) is 23.9. The van der Waals surface area contributed by atoms with E-state index in [0.29, 0.717) is 12.0 Å². The number of aryl methyl sites for hydroxylation is 1. The fraction of sp³-hybridized carbons (Fsp3) is 0.636. The number of Topliss-reactive ketones (excluding diaryl/α,β-unsaturated/α-hetero) is 1. The van der Waals surface area contributed by atoms with Crippen LogP contribution in [0.25, 0.3) is 0 Å². The summed E-state index contributed by atoms with van der Waals surface area (Å²) in [5.74, 6) is -1.44. The number of rotatable bonds is 6. The molecule has 1 aliphatic heterocycles. The number of nitrogens with zero attached hydrogens (tertiary/aromatic N) is 2. The summed E-state index contributed by atoms with van der Waals surface area (Å²) in [7, 11) is 0. The molecule has 0 aromatic carbocycles. The lowest BCUT2D eigenvalue weighted by atomic mass is 9.73. The Balaban J connectivity index is 1.61. The van der Waals surface area contributed by atoms with E-state index in [4.69, 9.17) is 4.74 Å². The van der Waals surface area contributed by atoms with Crippen LogP contribution in [0.4, 0.5) is 4.79 Å². The monoisotopic (exact) mass is 417 g/mol. The molecule has 1 aliphatic carbocycles. The van der Waals surface area contributed by atoms with Gasteiger partial charge in [-0.15, -0.1) is 0 Å². The van der Waals surface area contributed by atoms with Gasteiger partial charge in [-0.05, 0) is 52.5 Å². The average Bonchev–Trinajstić information content (AvgIpc) is 3.10. The van der Waals surface area contributed by atoms with Crippen molar-refractivity contribution in [1.29, 1.82) is 0 Å². The number of carbonyl (C=O) groups is 4. The minimum Gasteiger partial charge on any atom is -0.456 e. The predicted octanol–water partition coefficient (Wildman–Crippen LogP) is 2.91. The van der Waals surface area contributed by atoms with Gasteiger partial charge in [-0.25, -0.2) is 4.79 Å². The largest absolute Gasteiger partial charge is 0.456 e. The number of ketones is 1. The highest BCUT2D eigenvalue weighted by Crippen LogP contribution is 2.38. The second kappa shape index (κ2) is 8.24. The van der Waals surface area contributed by atoms with Gasteiger partial charge in [0, 0.05) is 23.0 Å². The smallest absolute Gasteiger partial charge is 0.326 e. The van der Waals surface area contributed by atoms with E-state index in [0.717, 1.165) is 35.6 Å². The van der Waals surface area contributed by atoms with Crippen molar-refractivity contribution in [2.24, 2.45) is 5.92 Å². The summed E-state index contributed by atoms with van der Waals surface area (Å²) in [6.45, 7) is 8.89. The van der Waals surface area contributed by atoms with Crippen LogP contribution in [0.5, 0.6) is 0 Å². The zero-order valence-corrected chi connectivity index (χ0v) is 18.4. The SMILES string of the molecule is Cc1cc(C(=O)COC(=O)CN2C(=O)N[C@]3(CCCC[C@@H]3C)C2=O)c(C)n1C(C)C. The van der Waals surface area contributed by atoms with E-state index in [2.05, 4.69) is 5.32 Å². The number of esters is 1. The van der Waals surface area contributed by atoms with Crippen molar-refractivity contribution in [2.45, 2.75) is 71.9 Å². The van der Waals surface area contributed by atoms with Gasteiger partial charge in [0.1, 0.15) is 12.1 Å². The number of ether oxygens (including phenoxy) is 1. The maximum Gasteiger partial charge on any atom is 0.326 e. The molecule has 8 heteroatoms. The van der Waals surface area contributed by atoms with Crippen LogP contribution < -0.4 is 5.32 Å². The molecule has 0 bridgehead atoms. The van der Waals surface area contributed by atoms with Crippen LogP contribution in [-0.2, 0) is 14.3 Å². The Labute approximate surface area is 176 Å². The Morgan fingerprint density at radius 1 is 1.27 bits per heavy atom. The highest BCUT2D eigenvalue weighted by atomic mass is 16.5. The van der Waals surface area contributed by atoms with Gasteiger partial charge in [0.05, 0.1) is 0 Å². The molecule has 1 spiro atoms. The van der Waals surface area contributed by atoms with Crippen molar-refractivity contribution in [1.82, 2.24) is 14.8 Å². The summed E-state index contributed by atoms with van der Waals surface area (Å²) < 4.78 is 7.16. The summed E-state index contributed by atoms with van der Waals surface area (Å²) in [5.41, 5.74) is 1.38. The number of hydrogen-bond acceptors (Lipinski definition) is 5. The second-order valence-corrected chi connectivity index (χ2v) is 8.77. The topological polar surface area (TPSA) is 97.7 Å². The number of amides is 3. The molecule has 1 aromatic rings. The first kappa shape index (κ1) is 22.1. The minimum absolute atomic E-state index is 0.0153. The van der Waals surface area contributed by atoms with Gasteiger partial charge in [0.25, 0.3) is 5.91 Å². The van der Waals surface area contributed by atoms with Crippen molar-refractivity contribution in [3.05, 3.63) is 23.0 Å². The molecule has 2 heterocycles. The summed E-state index contributed by atoms with van der Waals surface area (Å²) in [5, 5.41) is 2.80. The van der Waals surface area contributed by atoms with E-state index < -0.39 is 30.7 Å². The van der Waals surface area contributed by atoms with Crippen molar-refractivity contribution < 1.29 is 23.9 Å². The molecule has 8 nitrogen and oxygen atoms in total. The van der Waals surface area contributed by atoms with E-state index in [1.165, 1.54) is 0 Å². The Morgan fingerprint density at radius 2 is 1.97 bits per heavy atom. The maximum atomic E-state index is 12.9. The molecule has 0 radical (unpaired) electrons. The fourth-order valence-corrected chi connectivity index (χ4v) is 4.89. The van der Waals surface area contributed by atoms with Crippen LogP contribution in [0, 0.1) is 19.8 Å². The third-order valence-electron chi connectivity index (χ3n) is 6.45.